The van der Waals surface area contributed by atoms with Crippen LogP contribution in [0.1, 0.15) is 10.4 Å². The van der Waals surface area contributed by atoms with E-state index in [4.69, 9.17) is 34.8 Å². The predicted molar refractivity (Wildman–Crippen MR) is 109 cm³/mol. The lowest BCUT2D eigenvalue weighted by atomic mass is 10.1. The van der Waals surface area contributed by atoms with E-state index in [1.54, 1.807) is 41.3 Å². The topological polar surface area (TPSA) is 52.7 Å². The van der Waals surface area contributed by atoms with Crippen LogP contribution in [0.4, 0.5) is 5.69 Å². The molecule has 2 amide bonds. The molecule has 142 valence electrons. The van der Waals surface area contributed by atoms with Crippen LogP contribution >= 0.6 is 34.8 Å². The Labute approximate surface area is 172 Å². The van der Waals surface area contributed by atoms with Gasteiger partial charge in [0.15, 0.2) is 0 Å². The van der Waals surface area contributed by atoms with Gasteiger partial charge < -0.3 is 10.2 Å². The summed E-state index contributed by atoms with van der Waals surface area (Å²) in [6.45, 7) is 2.47. The van der Waals surface area contributed by atoms with Gasteiger partial charge in [-0.1, -0.05) is 46.9 Å². The monoisotopic (exact) mass is 425 g/mol. The maximum absolute atomic E-state index is 12.7. The third-order valence-electron chi connectivity index (χ3n) is 4.33. The van der Waals surface area contributed by atoms with E-state index in [1.807, 2.05) is 11.0 Å². The fourth-order valence-electron chi connectivity index (χ4n) is 2.90. The number of nitrogens with one attached hydrogen (secondary N) is 1. The van der Waals surface area contributed by atoms with Crippen LogP contribution in [0.3, 0.4) is 0 Å². The van der Waals surface area contributed by atoms with Crippen molar-refractivity contribution >= 4 is 52.3 Å². The maximum atomic E-state index is 12.7. The van der Waals surface area contributed by atoms with Crippen molar-refractivity contribution in [1.82, 2.24) is 9.80 Å². The summed E-state index contributed by atoms with van der Waals surface area (Å²) in [5.74, 6) is -0.288. The van der Waals surface area contributed by atoms with Crippen molar-refractivity contribution in [1.29, 1.82) is 0 Å². The number of hydrogen-bond acceptors (Lipinski definition) is 3. The Morgan fingerprint density at radius 3 is 2.33 bits per heavy atom. The van der Waals surface area contributed by atoms with Crippen LogP contribution in [0.5, 0.6) is 0 Å². The number of benzene rings is 2. The molecule has 1 fully saturated rings. The first-order valence-corrected chi connectivity index (χ1v) is 9.58. The standard InChI is InChI=1S/C19H18Cl3N3O2/c20-13-5-6-15(21)14(11-13)19(27)25-9-7-24(8-10-25)12-18(26)23-17-4-2-1-3-16(17)22/h1-6,11H,7-10,12H2,(H,23,26). The minimum atomic E-state index is -0.150. The summed E-state index contributed by atoms with van der Waals surface area (Å²) in [6, 6.07) is 11.9. The highest BCUT2D eigenvalue weighted by molar-refractivity contribution is 6.35. The van der Waals surface area contributed by atoms with E-state index < -0.39 is 0 Å². The lowest BCUT2D eigenvalue weighted by molar-refractivity contribution is -0.117. The third kappa shape index (κ3) is 5.14. The molecule has 0 saturated carbocycles. The predicted octanol–water partition coefficient (Wildman–Crippen LogP) is 4.04. The zero-order valence-electron chi connectivity index (χ0n) is 14.4. The van der Waals surface area contributed by atoms with E-state index in [0.717, 1.165) is 0 Å². The van der Waals surface area contributed by atoms with Crippen LogP contribution in [0.15, 0.2) is 42.5 Å². The van der Waals surface area contributed by atoms with Gasteiger partial charge in [-0.15, -0.1) is 0 Å². The highest BCUT2D eigenvalue weighted by Gasteiger charge is 2.24. The van der Waals surface area contributed by atoms with Gasteiger partial charge in [-0.3, -0.25) is 14.5 Å². The van der Waals surface area contributed by atoms with E-state index in [-0.39, 0.29) is 18.4 Å². The molecular weight excluding hydrogens is 409 g/mol. The van der Waals surface area contributed by atoms with Crippen LogP contribution in [0, 0.1) is 0 Å². The third-order valence-corrected chi connectivity index (χ3v) is 5.23. The van der Waals surface area contributed by atoms with Gasteiger partial charge in [0.2, 0.25) is 5.91 Å². The molecule has 1 saturated heterocycles. The summed E-state index contributed by atoms with van der Waals surface area (Å²) >= 11 is 18.1. The Morgan fingerprint density at radius 2 is 1.63 bits per heavy atom. The highest BCUT2D eigenvalue weighted by Crippen LogP contribution is 2.23. The first-order valence-electron chi connectivity index (χ1n) is 8.45. The van der Waals surface area contributed by atoms with Crippen molar-refractivity contribution < 1.29 is 9.59 Å². The Morgan fingerprint density at radius 1 is 0.926 bits per heavy atom. The number of para-hydroxylation sites is 1. The molecule has 0 aliphatic carbocycles. The summed E-state index contributed by atoms with van der Waals surface area (Å²) in [7, 11) is 0. The number of anilines is 1. The number of nitrogens with zero attached hydrogens (tertiary/aromatic N) is 2. The molecule has 2 aromatic rings. The van der Waals surface area contributed by atoms with E-state index in [9.17, 15) is 9.59 Å². The van der Waals surface area contributed by atoms with Gasteiger partial charge in [0, 0.05) is 31.2 Å². The molecule has 0 spiro atoms. The largest absolute Gasteiger partial charge is 0.336 e. The van der Waals surface area contributed by atoms with Crippen molar-refractivity contribution in [3.8, 4) is 0 Å². The molecule has 0 aromatic heterocycles. The van der Waals surface area contributed by atoms with Crippen LogP contribution in [-0.2, 0) is 4.79 Å². The van der Waals surface area contributed by atoms with Gasteiger partial charge in [-0.2, -0.15) is 0 Å². The zero-order chi connectivity index (χ0) is 19.4. The second-order valence-electron chi connectivity index (χ2n) is 6.22. The van der Waals surface area contributed by atoms with E-state index in [0.29, 0.717) is 52.5 Å². The van der Waals surface area contributed by atoms with E-state index >= 15 is 0 Å². The fraction of sp³-hybridized carbons (Fsp3) is 0.263. The van der Waals surface area contributed by atoms with Crippen LogP contribution in [0.2, 0.25) is 15.1 Å². The SMILES string of the molecule is O=C(CN1CCN(C(=O)c2cc(Cl)ccc2Cl)CC1)Nc1ccccc1Cl. The first kappa shape index (κ1) is 20.0. The van der Waals surface area contributed by atoms with Crippen LogP contribution in [-0.4, -0.2) is 54.3 Å². The van der Waals surface area contributed by atoms with Gasteiger partial charge in [0.1, 0.15) is 0 Å². The van der Waals surface area contributed by atoms with Crippen molar-refractivity contribution in [3.05, 3.63) is 63.1 Å². The van der Waals surface area contributed by atoms with Crippen molar-refractivity contribution in [2.45, 2.75) is 0 Å². The molecular formula is C19H18Cl3N3O2. The Balaban J connectivity index is 1.53. The van der Waals surface area contributed by atoms with Gasteiger partial charge in [-0.25, -0.2) is 0 Å². The quantitative estimate of drug-likeness (QED) is 0.802. The van der Waals surface area contributed by atoms with E-state index in [1.165, 1.54) is 0 Å². The summed E-state index contributed by atoms with van der Waals surface area (Å²) < 4.78 is 0. The van der Waals surface area contributed by atoms with Crippen molar-refractivity contribution in [2.24, 2.45) is 0 Å². The molecule has 0 unspecified atom stereocenters. The van der Waals surface area contributed by atoms with Gasteiger partial charge >= 0.3 is 0 Å². The summed E-state index contributed by atoms with van der Waals surface area (Å²) in [5, 5.41) is 4.16. The summed E-state index contributed by atoms with van der Waals surface area (Å²) in [5.41, 5.74) is 0.989. The number of hydrogen-bond donors (Lipinski definition) is 1. The molecule has 1 aliphatic rings. The highest BCUT2D eigenvalue weighted by atomic mass is 35.5. The maximum Gasteiger partial charge on any atom is 0.255 e. The first-order chi connectivity index (χ1) is 12.9. The number of piperazine rings is 1. The fourth-order valence-corrected chi connectivity index (χ4v) is 3.45. The van der Waals surface area contributed by atoms with Crippen molar-refractivity contribution in [2.75, 3.05) is 38.0 Å². The van der Waals surface area contributed by atoms with Gasteiger partial charge in [0.05, 0.1) is 27.8 Å². The normalized spacial score (nSPS) is 14.9. The lowest BCUT2D eigenvalue weighted by Gasteiger charge is -2.34. The number of halogens is 3. The van der Waals surface area contributed by atoms with Gasteiger partial charge in [-0.05, 0) is 30.3 Å². The number of carbonyl (C=O) groups excluding carboxylic acids is 2. The lowest BCUT2D eigenvalue weighted by Crippen LogP contribution is -2.50. The van der Waals surface area contributed by atoms with E-state index in [2.05, 4.69) is 5.32 Å². The molecule has 1 aliphatic heterocycles. The molecule has 8 heteroatoms. The number of carbonyl (C=O) groups is 2. The molecule has 27 heavy (non-hydrogen) atoms. The molecule has 5 nitrogen and oxygen atoms in total. The second kappa shape index (κ2) is 8.93. The van der Waals surface area contributed by atoms with Gasteiger partial charge in [0.25, 0.3) is 5.91 Å². The molecule has 2 aromatic carbocycles. The van der Waals surface area contributed by atoms with Crippen molar-refractivity contribution in [3.63, 3.8) is 0 Å². The molecule has 0 bridgehead atoms. The average Bonchev–Trinajstić information content (AvgIpc) is 2.65. The van der Waals surface area contributed by atoms with Crippen LogP contribution < -0.4 is 5.32 Å². The minimum absolute atomic E-state index is 0.138. The second-order valence-corrected chi connectivity index (χ2v) is 7.47. The average molecular weight is 427 g/mol. The smallest absolute Gasteiger partial charge is 0.255 e. The molecule has 1 heterocycles. The number of amides is 2. The minimum Gasteiger partial charge on any atom is -0.336 e. The molecule has 1 N–H and O–H groups in total. The van der Waals surface area contributed by atoms with Crippen LogP contribution in [0.25, 0.3) is 0 Å². The molecule has 0 radical (unpaired) electrons. The molecule has 3 rings (SSSR count). The Kier molecular flexibility index (Phi) is 6.60. The number of rotatable bonds is 4. The Bertz CT molecular complexity index is 852. The summed E-state index contributed by atoms with van der Waals surface area (Å²) in [6.07, 6.45) is 0. The Hall–Kier alpha value is -1.79. The molecule has 0 atom stereocenters. The summed E-state index contributed by atoms with van der Waals surface area (Å²) in [4.78, 5) is 28.6. The zero-order valence-corrected chi connectivity index (χ0v) is 16.7.